The van der Waals surface area contributed by atoms with E-state index in [-0.39, 0.29) is 36.6 Å². The Kier molecular flexibility index (Phi) is 9.03. The Hall–Kier alpha value is -3.86. The van der Waals surface area contributed by atoms with Crippen LogP contribution in [0.1, 0.15) is 66.0 Å². The molecule has 1 amide bonds. The van der Waals surface area contributed by atoms with Gasteiger partial charge in [0.2, 0.25) is 5.82 Å². The highest BCUT2D eigenvalue weighted by molar-refractivity contribution is 5.94. The maximum absolute atomic E-state index is 13.3. The second-order valence-electron chi connectivity index (χ2n) is 11.1. The number of benzene rings is 2. The largest absolute Gasteiger partial charge is 0.394 e. The summed E-state index contributed by atoms with van der Waals surface area (Å²) in [5.41, 5.74) is 3.47. The Bertz CT molecular complexity index is 1420. The lowest BCUT2D eigenvalue weighted by Gasteiger charge is -2.20. The van der Waals surface area contributed by atoms with Crippen LogP contribution in [0, 0.1) is 0 Å². The van der Waals surface area contributed by atoms with Crippen LogP contribution in [0.15, 0.2) is 67.0 Å². The molecule has 10 heteroatoms. The van der Waals surface area contributed by atoms with E-state index in [9.17, 15) is 9.90 Å². The van der Waals surface area contributed by atoms with Gasteiger partial charge in [-0.05, 0) is 62.9 Å². The number of aliphatic hydroxyl groups is 1. The average Bonchev–Trinajstić information content (AvgIpc) is 3.81. The first-order chi connectivity index (χ1) is 20.7. The maximum atomic E-state index is 13.3. The van der Waals surface area contributed by atoms with Gasteiger partial charge in [0.05, 0.1) is 19.0 Å². The molecule has 2 aromatic heterocycles. The summed E-state index contributed by atoms with van der Waals surface area (Å²) in [6, 6.07) is 20.7. The minimum absolute atomic E-state index is 0.0314. The number of carbonyl (C=O) groups excluding carboxylic acids is 1. The van der Waals surface area contributed by atoms with Crippen molar-refractivity contribution in [3.63, 3.8) is 0 Å². The fourth-order valence-corrected chi connectivity index (χ4v) is 5.97. The van der Waals surface area contributed by atoms with Crippen molar-refractivity contribution in [1.82, 2.24) is 29.7 Å². The van der Waals surface area contributed by atoms with Gasteiger partial charge < -0.3 is 25.4 Å². The standard InChI is InChI=1S/C32H39N7O3/c40-21-25-14-15-27(42-25)39-22-35-28-29(34-20-26(23-10-3-1-4-11-23)24-12-5-2-6-13-24)36-30(37-31(28)39)32(41)33-16-9-19-38-17-7-8-18-38/h1-6,10-13,22,25-27,40H,7-9,14-21H2,(H,33,41)(H,34,36,37). The number of rotatable bonds is 12. The summed E-state index contributed by atoms with van der Waals surface area (Å²) in [6.07, 6.45) is 6.02. The molecule has 2 saturated heterocycles. The fourth-order valence-electron chi connectivity index (χ4n) is 5.97. The van der Waals surface area contributed by atoms with E-state index >= 15 is 0 Å². The molecule has 0 saturated carbocycles. The minimum atomic E-state index is -0.312. The zero-order chi connectivity index (χ0) is 28.7. The van der Waals surface area contributed by atoms with Crippen LogP contribution in [-0.4, -0.2) is 80.9 Å². The molecule has 0 bridgehead atoms. The van der Waals surface area contributed by atoms with Crippen LogP contribution in [-0.2, 0) is 4.74 Å². The first-order valence-corrected chi connectivity index (χ1v) is 15.0. The van der Waals surface area contributed by atoms with Crippen molar-refractivity contribution in [3.8, 4) is 0 Å². The monoisotopic (exact) mass is 569 g/mol. The second-order valence-corrected chi connectivity index (χ2v) is 11.1. The van der Waals surface area contributed by atoms with E-state index < -0.39 is 0 Å². The van der Waals surface area contributed by atoms with Crippen molar-refractivity contribution in [3.05, 3.63) is 83.9 Å². The van der Waals surface area contributed by atoms with E-state index in [0.29, 0.717) is 30.1 Å². The number of likely N-dealkylation sites (tertiary alicyclic amines) is 1. The molecule has 3 N–H and O–H groups in total. The normalized spacial score (nSPS) is 19.1. The number of hydrogen-bond acceptors (Lipinski definition) is 8. The molecule has 6 rings (SSSR count). The van der Waals surface area contributed by atoms with Gasteiger partial charge in [0.1, 0.15) is 6.23 Å². The van der Waals surface area contributed by atoms with E-state index in [1.165, 1.54) is 24.0 Å². The quantitative estimate of drug-likeness (QED) is 0.220. The predicted octanol–water partition coefficient (Wildman–Crippen LogP) is 3.96. The lowest BCUT2D eigenvalue weighted by atomic mass is 9.91. The molecule has 4 heterocycles. The molecule has 2 aromatic carbocycles. The summed E-state index contributed by atoms with van der Waals surface area (Å²) in [4.78, 5) is 29.8. The minimum Gasteiger partial charge on any atom is -0.394 e. The Morgan fingerprint density at radius 1 is 1.00 bits per heavy atom. The number of imidazole rings is 1. The number of fused-ring (bicyclic) bond motifs is 1. The number of nitrogens with one attached hydrogen (secondary N) is 2. The lowest BCUT2D eigenvalue weighted by molar-refractivity contribution is -0.0207. The van der Waals surface area contributed by atoms with E-state index in [1.807, 2.05) is 41.0 Å². The highest BCUT2D eigenvalue weighted by atomic mass is 16.5. The number of aromatic nitrogens is 4. The van der Waals surface area contributed by atoms with Crippen LogP contribution in [0.2, 0.25) is 0 Å². The number of anilines is 1. The first-order valence-electron chi connectivity index (χ1n) is 15.0. The van der Waals surface area contributed by atoms with Crippen LogP contribution in [0.4, 0.5) is 5.82 Å². The molecule has 2 unspecified atom stereocenters. The van der Waals surface area contributed by atoms with E-state index in [2.05, 4.69) is 54.8 Å². The second kappa shape index (κ2) is 13.4. The van der Waals surface area contributed by atoms with Crippen molar-refractivity contribution >= 4 is 22.9 Å². The van der Waals surface area contributed by atoms with Gasteiger partial charge in [-0.2, -0.15) is 0 Å². The molecular formula is C32H39N7O3. The molecular weight excluding hydrogens is 530 g/mol. The Balaban J connectivity index is 1.26. The molecule has 2 fully saturated rings. The summed E-state index contributed by atoms with van der Waals surface area (Å²) in [5, 5.41) is 16.1. The lowest BCUT2D eigenvalue weighted by Crippen LogP contribution is -2.30. The van der Waals surface area contributed by atoms with E-state index in [0.717, 1.165) is 38.9 Å². The van der Waals surface area contributed by atoms with Crippen LogP contribution in [0.25, 0.3) is 11.2 Å². The van der Waals surface area contributed by atoms with Crippen molar-refractivity contribution in [2.45, 2.75) is 50.4 Å². The zero-order valence-corrected chi connectivity index (χ0v) is 23.9. The highest BCUT2D eigenvalue weighted by Gasteiger charge is 2.29. The van der Waals surface area contributed by atoms with Gasteiger partial charge in [-0.15, -0.1) is 0 Å². The van der Waals surface area contributed by atoms with Crippen LogP contribution in [0.5, 0.6) is 0 Å². The van der Waals surface area contributed by atoms with E-state index in [1.54, 1.807) is 6.33 Å². The van der Waals surface area contributed by atoms with Gasteiger partial charge in [0.15, 0.2) is 17.0 Å². The van der Waals surface area contributed by atoms with E-state index in [4.69, 9.17) is 4.74 Å². The van der Waals surface area contributed by atoms with Gasteiger partial charge in [0.25, 0.3) is 5.91 Å². The summed E-state index contributed by atoms with van der Waals surface area (Å²) in [5.74, 6) is 0.360. The van der Waals surface area contributed by atoms with Gasteiger partial charge in [-0.25, -0.2) is 15.0 Å². The van der Waals surface area contributed by atoms with Gasteiger partial charge >= 0.3 is 0 Å². The summed E-state index contributed by atoms with van der Waals surface area (Å²) < 4.78 is 7.89. The third kappa shape index (κ3) is 6.46. The average molecular weight is 570 g/mol. The molecule has 2 atom stereocenters. The topological polar surface area (TPSA) is 117 Å². The molecule has 0 radical (unpaired) electrons. The van der Waals surface area contributed by atoms with Crippen molar-refractivity contribution in [1.29, 1.82) is 0 Å². The van der Waals surface area contributed by atoms with Crippen LogP contribution in [0.3, 0.4) is 0 Å². The third-order valence-electron chi connectivity index (χ3n) is 8.24. The Morgan fingerprint density at radius 3 is 2.38 bits per heavy atom. The number of carbonyl (C=O) groups is 1. The summed E-state index contributed by atoms with van der Waals surface area (Å²) in [6.45, 7) is 4.34. The van der Waals surface area contributed by atoms with Gasteiger partial charge in [-0.3, -0.25) is 9.36 Å². The molecule has 10 nitrogen and oxygen atoms in total. The number of hydrogen-bond donors (Lipinski definition) is 3. The summed E-state index contributed by atoms with van der Waals surface area (Å²) in [7, 11) is 0. The van der Waals surface area contributed by atoms with Gasteiger partial charge in [0, 0.05) is 19.0 Å². The van der Waals surface area contributed by atoms with Crippen molar-refractivity contribution < 1.29 is 14.6 Å². The smallest absolute Gasteiger partial charge is 0.289 e. The van der Waals surface area contributed by atoms with Crippen LogP contribution < -0.4 is 10.6 Å². The number of ether oxygens (including phenoxy) is 1. The number of aliphatic hydroxyl groups excluding tert-OH is 1. The first kappa shape index (κ1) is 28.3. The highest BCUT2D eigenvalue weighted by Crippen LogP contribution is 2.32. The van der Waals surface area contributed by atoms with Gasteiger partial charge in [-0.1, -0.05) is 60.7 Å². The zero-order valence-electron chi connectivity index (χ0n) is 23.9. The maximum Gasteiger partial charge on any atom is 0.289 e. The van der Waals surface area contributed by atoms with Crippen molar-refractivity contribution in [2.75, 3.05) is 44.6 Å². The molecule has 0 spiro atoms. The van der Waals surface area contributed by atoms with Crippen molar-refractivity contribution in [2.24, 2.45) is 0 Å². The molecule has 2 aliphatic rings. The fraction of sp³-hybridized carbons (Fsp3) is 0.438. The summed E-state index contributed by atoms with van der Waals surface area (Å²) >= 11 is 0. The third-order valence-corrected chi connectivity index (χ3v) is 8.24. The Labute approximate surface area is 246 Å². The predicted molar refractivity (Wildman–Crippen MR) is 161 cm³/mol. The Morgan fingerprint density at radius 2 is 1.71 bits per heavy atom. The molecule has 220 valence electrons. The molecule has 0 aliphatic carbocycles. The number of nitrogens with zero attached hydrogens (tertiary/aromatic N) is 5. The molecule has 4 aromatic rings. The number of amides is 1. The molecule has 2 aliphatic heterocycles. The van der Waals surface area contributed by atoms with Crippen LogP contribution >= 0.6 is 0 Å². The molecule has 42 heavy (non-hydrogen) atoms. The SMILES string of the molecule is O=C(NCCCN1CCCC1)c1nc(NCC(c2ccccc2)c2ccccc2)c2ncn(C3CCC(CO)O3)c2n1.